The molecule has 1 aromatic heterocycles. The van der Waals surface area contributed by atoms with Crippen molar-refractivity contribution in [2.24, 2.45) is 0 Å². The van der Waals surface area contributed by atoms with Crippen LogP contribution in [0, 0.1) is 15.9 Å². The molecule has 5 aromatic carbocycles. The molecule has 1 atom stereocenters. The Labute approximate surface area is 342 Å². The second-order valence-electron chi connectivity index (χ2n) is 14.5. The van der Waals surface area contributed by atoms with Gasteiger partial charge in [-0.25, -0.2) is 22.8 Å². The van der Waals surface area contributed by atoms with Gasteiger partial charge in [0.05, 0.1) is 15.3 Å². The van der Waals surface area contributed by atoms with E-state index in [0.29, 0.717) is 23.2 Å². The quantitative estimate of drug-likeness (QED) is 0.0559. The molecule has 0 unspecified atom stereocenters. The van der Waals surface area contributed by atoms with Crippen LogP contribution in [0.25, 0.3) is 22.0 Å². The molecule has 0 saturated carbocycles. The van der Waals surface area contributed by atoms with Crippen molar-refractivity contribution < 1.29 is 17.7 Å². The molecule has 2 N–H and O–H groups in total. The summed E-state index contributed by atoms with van der Waals surface area (Å²) in [6.07, 6.45) is 2.01. The summed E-state index contributed by atoms with van der Waals surface area (Å²) in [6.45, 7) is 4.38. The molecule has 0 spiro atoms. The predicted molar refractivity (Wildman–Crippen MR) is 231 cm³/mol. The summed E-state index contributed by atoms with van der Waals surface area (Å²) in [5.41, 5.74) is 4.39. The number of nitrogens with one attached hydrogen (secondary N) is 2. The number of piperazine rings is 1. The van der Waals surface area contributed by atoms with Gasteiger partial charge in [0.2, 0.25) is 0 Å². The lowest BCUT2D eigenvalue weighted by Gasteiger charge is -2.36. The Morgan fingerprint density at radius 3 is 2.36 bits per heavy atom. The number of aromatic nitrogens is 2. The van der Waals surface area contributed by atoms with Gasteiger partial charge in [0.15, 0.2) is 5.82 Å². The summed E-state index contributed by atoms with van der Waals surface area (Å²) in [5.74, 6) is 0.466. The third-order valence-electron chi connectivity index (χ3n) is 10.1. The van der Waals surface area contributed by atoms with Crippen LogP contribution in [0.5, 0.6) is 0 Å². The van der Waals surface area contributed by atoms with Gasteiger partial charge >= 0.3 is 0 Å². The second-order valence-corrected chi connectivity index (χ2v) is 17.2. The van der Waals surface area contributed by atoms with Gasteiger partial charge in [-0.2, -0.15) is 0 Å². The van der Waals surface area contributed by atoms with E-state index < -0.39 is 14.9 Å². The largest absolute Gasteiger partial charge is 0.376 e. The van der Waals surface area contributed by atoms with Crippen molar-refractivity contribution in [3.8, 4) is 11.1 Å². The van der Waals surface area contributed by atoms with Crippen molar-refractivity contribution in [1.29, 1.82) is 0 Å². The molecule has 0 aliphatic carbocycles. The van der Waals surface area contributed by atoms with Crippen molar-refractivity contribution >= 4 is 55.6 Å². The zero-order valence-corrected chi connectivity index (χ0v) is 33.9. The van der Waals surface area contributed by atoms with Crippen molar-refractivity contribution in [1.82, 2.24) is 19.8 Å². The Morgan fingerprint density at radius 1 is 0.897 bits per heavy atom. The molecule has 7 rings (SSSR count). The smallest absolute Gasteiger partial charge is 0.293 e. The summed E-state index contributed by atoms with van der Waals surface area (Å²) in [7, 11) is -0.342. The van der Waals surface area contributed by atoms with Gasteiger partial charge in [0.1, 0.15) is 17.8 Å². The molecule has 0 bridgehead atoms. The SMILES string of the molecule is CN(C)CC[C@H](CSc1ccccc1)Nc1ccc(S(=O)(=O)Nc2ncnc3cc(N4CCN(Cc5cc(F)ccc5-c5ccccc5)CC4)ccc23)cc1[N+](=O)[O-]. The number of anilines is 3. The molecule has 6 aromatic rings. The van der Waals surface area contributed by atoms with Gasteiger partial charge in [-0.15, -0.1) is 11.8 Å². The zero-order valence-electron chi connectivity index (χ0n) is 32.3. The topological polar surface area (TPSA) is 137 Å². The number of sulfonamides is 1. The molecule has 2 heterocycles. The Bertz CT molecular complexity index is 2470. The minimum atomic E-state index is -4.28. The highest BCUT2D eigenvalue weighted by Gasteiger charge is 2.25. The Morgan fingerprint density at radius 2 is 1.64 bits per heavy atom. The number of benzene rings is 5. The first-order chi connectivity index (χ1) is 28.0. The third-order valence-corrected chi connectivity index (χ3v) is 12.6. The third kappa shape index (κ3) is 10.1. The number of nitro groups is 1. The first-order valence-corrected chi connectivity index (χ1v) is 21.5. The highest BCUT2D eigenvalue weighted by molar-refractivity contribution is 7.99. The van der Waals surface area contributed by atoms with E-state index in [0.717, 1.165) is 72.5 Å². The number of thioether (sulfide) groups is 1. The number of halogens is 1. The van der Waals surface area contributed by atoms with E-state index >= 15 is 0 Å². The molecule has 58 heavy (non-hydrogen) atoms. The normalized spacial score (nSPS) is 14.1. The molecule has 1 aliphatic heterocycles. The van der Waals surface area contributed by atoms with Crippen LogP contribution in [0.4, 0.5) is 27.3 Å². The molecule has 0 radical (unpaired) electrons. The summed E-state index contributed by atoms with van der Waals surface area (Å²) in [4.78, 5) is 27.8. The van der Waals surface area contributed by atoms with Crippen LogP contribution in [0.1, 0.15) is 12.0 Å². The summed E-state index contributed by atoms with van der Waals surface area (Å²) < 4.78 is 44.3. The summed E-state index contributed by atoms with van der Waals surface area (Å²) in [6, 6.07) is 34.2. The number of fused-ring (bicyclic) bond motifs is 1. The fraction of sp³-hybridized carbons (Fsp3) is 0.256. The maximum Gasteiger partial charge on any atom is 0.293 e. The van der Waals surface area contributed by atoms with Gasteiger partial charge in [-0.05, 0) is 98.3 Å². The van der Waals surface area contributed by atoms with Crippen LogP contribution in [-0.2, 0) is 16.6 Å². The minimum absolute atomic E-state index is 0.0669. The van der Waals surface area contributed by atoms with E-state index in [1.54, 1.807) is 23.9 Å². The van der Waals surface area contributed by atoms with Gasteiger partial charge in [0.25, 0.3) is 15.7 Å². The Balaban J connectivity index is 1.03. The summed E-state index contributed by atoms with van der Waals surface area (Å²) >= 11 is 1.65. The first-order valence-electron chi connectivity index (χ1n) is 19.0. The highest BCUT2D eigenvalue weighted by Crippen LogP contribution is 2.33. The molecule has 15 heteroatoms. The van der Waals surface area contributed by atoms with E-state index in [4.69, 9.17) is 0 Å². The van der Waals surface area contributed by atoms with Crippen LogP contribution in [0.3, 0.4) is 0 Å². The number of nitrogens with zero attached hydrogens (tertiary/aromatic N) is 6. The molecule has 1 aliphatic rings. The van der Waals surface area contributed by atoms with Crippen molar-refractivity contribution in [3.63, 3.8) is 0 Å². The fourth-order valence-corrected chi connectivity index (χ4v) is 9.05. The molecule has 12 nitrogen and oxygen atoms in total. The van der Waals surface area contributed by atoms with Crippen LogP contribution >= 0.6 is 11.8 Å². The molecular formula is C43H45FN8O4S2. The molecule has 1 fully saturated rings. The van der Waals surface area contributed by atoms with E-state index in [9.17, 15) is 22.9 Å². The van der Waals surface area contributed by atoms with Crippen LogP contribution in [0.15, 0.2) is 131 Å². The molecular weight excluding hydrogens is 776 g/mol. The predicted octanol–water partition coefficient (Wildman–Crippen LogP) is 7.99. The second kappa shape index (κ2) is 18.3. The van der Waals surface area contributed by atoms with E-state index in [1.807, 2.05) is 93.0 Å². The maximum absolute atomic E-state index is 14.3. The minimum Gasteiger partial charge on any atom is -0.376 e. The number of nitro benzene ring substituents is 1. The van der Waals surface area contributed by atoms with Crippen LogP contribution in [0.2, 0.25) is 0 Å². The number of rotatable bonds is 16. The van der Waals surface area contributed by atoms with Gasteiger partial charge in [-0.3, -0.25) is 19.7 Å². The average molecular weight is 821 g/mol. The maximum atomic E-state index is 14.3. The lowest BCUT2D eigenvalue weighted by molar-refractivity contribution is -0.384. The Kier molecular flexibility index (Phi) is 12.8. The van der Waals surface area contributed by atoms with E-state index in [-0.39, 0.29) is 33.9 Å². The van der Waals surface area contributed by atoms with Crippen LogP contribution in [-0.4, -0.2) is 91.7 Å². The monoisotopic (exact) mass is 820 g/mol. The van der Waals surface area contributed by atoms with Crippen molar-refractivity contribution in [2.75, 3.05) is 67.5 Å². The van der Waals surface area contributed by atoms with E-state index in [1.165, 1.54) is 24.5 Å². The fourth-order valence-electron chi connectivity index (χ4n) is 7.00. The molecule has 0 amide bonds. The lowest BCUT2D eigenvalue weighted by atomic mass is 9.99. The molecule has 1 saturated heterocycles. The Hall–Kier alpha value is -5.61. The lowest BCUT2D eigenvalue weighted by Crippen LogP contribution is -2.46. The highest BCUT2D eigenvalue weighted by atomic mass is 32.2. The molecule has 300 valence electrons. The average Bonchev–Trinajstić information content (AvgIpc) is 3.22. The van der Waals surface area contributed by atoms with Gasteiger partial charge in [0, 0.05) is 66.6 Å². The van der Waals surface area contributed by atoms with Crippen molar-refractivity contribution in [2.45, 2.75) is 28.8 Å². The van der Waals surface area contributed by atoms with Gasteiger partial charge in [-0.1, -0.05) is 54.6 Å². The standard InChI is InChI=1S/C43H45FN8O4S2/c1-49(2)20-19-34(29-57-36-11-7-4-8-12-36)47-40-18-15-37(27-42(40)52(53)54)58(55,56)48-43-39-17-14-35(26-41(39)45-30-46-43)51-23-21-50(22-24-51)28-32-25-33(44)13-16-38(32)31-9-5-3-6-10-31/h3-18,25-27,30,34,47H,19-24,28-29H2,1-2H3,(H,45,46,48)/t34-/m1/s1. The van der Waals surface area contributed by atoms with E-state index in [2.05, 4.69) is 34.7 Å². The van der Waals surface area contributed by atoms with Crippen LogP contribution < -0.4 is 14.9 Å². The van der Waals surface area contributed by atoms with Crippen molar-refractivity contribution in [3.05, 3.63) is 143 Å². The van der Waals surface area contributed by atoms with Gasteiger partial charge < -0.3 is 15.1 Å². The first kappa shape index (κ1) is 40.6. The number of hydrogen-bond donors (Lipinski definition) is 2. The summed E-state index contributed by atoms with van der Waals surface area (Å²) in [5, 5.41) is 16.1. The number of hydrogen-bond acceptors (Lipinski definition) is 11. The zero-order chi connectivity index (χ0) is 40.6.